The van der Waals surface area contributed by atoms with Gasteiger partial charge in [-0.25, -0.2) is 14.8 Å². The number of carbonyl (C=O) groups excluding carboxylic acids is 1. The minimum absolute atomic E-state index is 0.190. The van der Waals surface area contributed by atoms with Crippen molar-refractivity contribution < 1.29 is 4.79 Å². The molecule has 186 valence electrons. The highest BCUT2D eigenvalue weighted by atomic mass is 16.2. The molecule has 2 fully saturated rings. The van der Waals surface area contributed by atoms with Gasteiger partial charge in [0.05, 0.1) is 5.39 Å². The Hall–Kier alpha value is -3.90. The lowest BCUT2D eigenvalue weighted by Crippen LogP contribution is -2.44. The van der Waals surface area contributed by atoms with Crippen LogP contribution >= 0.6 is 0 Å². The predicted molar refractivity (Wildman–Crippen MR) is 144 cm³/mol. The Balaban J connectivity index is 1.32. The Morgan fingerprint density at radius 3 is 2.53 bits per heavy atom. The van der Waals surface area contributed by atoms with Crippen molar-refractivity contribution in [2.75, 3.05) is 55.8 Å². The number of nitrogens with zero attached hydrogens (tertiary/aromatic N) is 6. The molecule has 2 amide bonds. The summed E-state index contributed by atoms with van der Waals surface area (Å²) in [5, 5.41) is 6.80. The molecule has 0 unspecified atom stereocenters. The maximum absolute atomic E-state index is 12.8. The van der Waals surface area contributed by atoms with Crippen LogP contribution in [-0.2, 0) is 0 Å². The van der Waals surface area contributed by atoms with Gasteiger partial charge in [-0.05, 0) is 50.2 Å². The molecule has 2 aliphatic rings. The first-order valence-corrected chi connectivity index (χ1v) is 12.5. The minimum Gasteiger partial charge on any atom is -0.369 e. The Morgan fingerprint density at radius 2 is 1.83 bits per heavy atom. The number of terminal acetylenes is 1. The predicted octanol–water partition coefficient (Wildman–Crippen LogP) is 3.91. The van der Waals surface area contributed by atoms with Gasteiger partial charge in [-0.1, -0.05) is 18.8 Å². The molecule has 1 saturated carbocycles. The highest BCUT2D eigenvalue weighted by Crippen LogP contribution is 2.25. The second-order valence-corrected chi connectivity index (χ2v) is 9.57. The molecule has 9 nitrogen and oxygen atoms in total. The summed E-state index contributed by atoms with van der Waals surface area (Å²) < 4.78 is 0. The lowest BCUT2D eigenvalue weighted by atomic mass is 10.2. The van der Waals surface area contributed by atoms with Crippen molar-refractivity contribution in [2.24, 2.45) is 0 Å². The zero-order valence-corrected chi connectivity index (χ0v) is 20.9. The maximum Gasteiger partial charge on any atom is 0.323 e. The highest BCUT2D eigenvalue weighted by molar-refractivity contribution is 5.91. The van der Waals surface area contributed by atoms with Gasteiger partial charge in [0.15, 0.2) is 5.65 Å². The molecule has 0 spiro atoms. The first-order valence-electron chi connectivity index (χ1n) is 12.5. The first kappa shape index (κ1) is 23.8. The Bertz CT molecular complexity index is 1270. The van der Waals surface area contributed by atoms with Crippen molar-refractivity contribution in [1.29, 1.82) is 0 Å². The molecular weight excluding hydrogens is 452 g/mol. The van der Waals surface area contributed by atoms with Gasteiger partial charge in [0.25, 0.3) is 0 Å². The van der Waals surface area contributed by atoms with Gasteiger partial charge in [-0.3, -0.25) is 5.32 Å². The molecule has 36 heavy (non-hydrogen) atoms. The molecule has 0 atom stereocenters. The molecule has 5 rings (SSSR count). The van der Waals surface area contributed by atoms with Crippen LogP contribution in [0.5, 0.6) is 0 Å². The number of piperazine rings is 1. The van der Waals surface area contributed by atoms with Gasteiger partial charge in [0.2, 0.25) is 5.95 Å². The smallest absolute Gasteiger partial charge is 0.323 e. The Labute approximate surface area is 211 Å². The van der Waals surface area contributed by atoms with E-state index in [-0.39, 0.29) is 12.1 Å². The maximum atomic E-state index is 12.8. The molecule has 2 N–H and O–H groups in total. The van der Waals surface area contributed by atoms with Crippen molar-refractivity contribution in [3.63, 3.8) is 0 Å². The fourth-order valence-corrected chi connectivity index (χ4v) is 4.86. The van der Waals surface area contributed by atoms with Crippen LogP contribution in [0.1, 0.15) is 31.2 Å². The molecular formula is C27H32N8O. The third kappa shape index (κ3) is 5.19. The largest absolute Gasteiger partial charge is 0.369 e. The van der Waals surface area contributed by atoms with Gasteiger partial charge >= 0.3 is 6.03 Å². The SMILES string of the molecule is C#Cc1cc(NC(=O)N(C)C2CCCC2)nc2nc(Nc3ccc(N4CCN(C)CC4)cc3)ncc12. The normalized spacial score (nSPS) is 16.6. The number of nitrogens with one attached hydrogen (secondary N) is 2. The summed E-state index contributed by atoms with van der Waals surface area (Å²) in [7, 11) is 3.98. The number of aromatic nitrogens is 3. The van der Waals surface area contributed by atoms with E-state index in [9.17, 15) is 4.79 Å². The van der Waals surface area contributed by atoms with Crippen LogP contribution in [-0.4, -0.2) is 77.1 Å². The van der Waals surface area contributed by atoms with Crippen molar-refractivity contribution in [3.05, 3.63) is 42.1 Å². The zero-order valence-electron chi connectivity index (χ0n) is 20.9. The summed E-state index contributed by atoms with van der Waals surface area (Å²) >= 11 is 0. The number of hydrogen-bond acceptors (Lipinski definition) is 7. The monoisotopic (exact) mass is 484 g/mol. The number of urea groups is 1. The van der Waals surface area contributed by atoms with Crippen LogP contribution in [0.4, 0.5) is 27.9 Å². The van der Waals surface area contributed by atoms with E-state index in [4.69, 9.17) is 6.42 Å². The summed E-state index contributed by atoms with van der Waals surface area (Å²) in [5.74, 6) is 3.46. The van der Waals surface area contributed by atoms with Crippen molar-refractivity contribution in [3.8, 4) is 12.3 Å². The fraction of sp³-hybridized carbons (Fsp3) is 0.407. The van der Waals surface area contributed by atoms with E-state index >= 15 is 0 Å². The van der Waals surface area contributed by atoms with Crippen LogP contribution in [0.3, 0.4) is 0 Å². The van der Waals surface area contributed by atoms with Crippen LogP contribution in [0, 0.1) is 12.3 Å². The molecule has 3 heterocycles. The third-order valence-corrected chi connectivity index (χ3v) is 7.14. The zero-order chi connectivity index (χ0) is 25.1. The number of amides is 2. The van der Waals surface area contributed by atoms with E-state index in [2.05, 4.69) is 60.5 Å². The van der Waals surface area contributed by atoms with E-state index in [1.807, 2.05) is 19.2 Å². The number of carbonyl (C=O) groups is 1. The van der Waals surface area contributed by atoms with Crippen molar-refractivity contribution >= 4 is 40.2 Å². The first-order chi connectivity index (χ1) is 17.5. The van der Waals surface area contributed by atoms with Gasteiger partial charge < -0.3 is 20.0 Å². The molecule has 1 aliphatic carbocycles. The molecule has 3 aromatic rings. The van der Waals surface area contributed by atoms with Crippen molar-refractivity contribution in [1.82, 2.24) is 24.8 Å². The van der Waals surface area contributed by atoms with Gasteiger partial charge in [-0.2, -0.15) is 4.98 Å². The fourth-order valence-electron chi connectivity index (χ4n) is 4.86. The van der Waals surface area contributed by atoms with Crippen LogP contribution < -0.4 is 15.5 Å². The minimum atomic E-state index is -0.190. The van der Waals surface area contributed by atoms with Gasteiger partial charge in [0, 0.05) is 62.4 Å². The summed E-state index contributed by atoms with van der Waals surface area (Å²) in [6.07, 6.45) is 11.8. The molecule has 1 aliphatic heterocycles. The van der Waals surface area contributed by atoms with Crippen LogP contribution in [0.2, 0.25) is 0 Å². The number of benzene rings is 1. The molecule has 0 bridgehead atoms. The summed E-state index contributed by atoms with van der Waals surface area (Å²) in [4.78, 5) is 32.8. The van der Waals surface area contributed by atoms with Crippen LogP contribution in [0.25, 0.3) is 11.0 Å². The summed E-state index contributed by atoms with van der Waals surface area (Å²) in [6, 6.07) is 10.0. The number of anilines is 4. The topological polar surface area (TPSA) is 89.5 Å². The summed E-state index contributed by atoms with van der Waals surface area (Å²) in [6.45, 7) is 4.18. The second kappa shape index (κ2) is 10.4. The number of rotatable bonds is 5. The van der Waals surface area contributed by atoms with Gasteiger partial charge in [0.1, 0.15) is 5.82 Å². The average Bonchev–Trinajstić information content (AvgIpc) is 3.43. The number of fused-ring (bicyclic) bond motifs is 1. The molecule has 0 radical (unpaired) electrons. The molecule has 2 aromatic heterocycles. The highest BCUT2D eigenvalue weighted by Gasteiger charge is 2.24. The second-order valence-electron chi connectivity index (χ2n) is 9.57. The number of hydrogen-bond donors (Lipinski definition) is 2. The van der Waals surface area contributed by atoms with E-state index in [1.165, 1.54) is 5.69 Å². The number of likely N-dealkylation sites (N-methyl/N-ethyl adjacent to an activating group) is 1. The molecule has 1 saturated heterocycles. The number of pyridine rings is 1. The standard InChI is InChI=1S/C27H32N8O/c1-4-19-17-24(31-27(36)34(3)21-7-5-6-8-21)30-25-23(19)18-28-26(32-25)29-20-9-11-22(12-10-20)35-15-13-33(2)14-16-35/h1,9-12,17-18,21H,5-8,13-16H2,2-3H3,(H2,28,29,30,31,32,36). The lowest BCUT2D eigenvalue weighted by Gasteiger charge is -2.34. The molecule has 1 aromatic carbocycles. The Morgan fingerprint density at radius 1 is 1.11 bits per heavy atom. The molecule has 9 heteroatoms. The van der Waals surface area contributed by atoms with E-state index in [0.717, 1.165) is 57.5 Å². The van der Waals surface area contributed by atoms with Crippen molar-refractivity contribution in [2.45, 2.75) is 31.7 Å². The quantitative estimate of drug-likeness (QED) is 0.531. The lowest BCUT2D eigenvalue weighted by molar-refractivity contribution is 0.204. The van der Waals surface area contributed by atoms with E-state index < -0.39 is 0 Å². The summed E-state index contributed by atoms with van der Waals surface area (Å²) in [5.41, 5.74) is 3.10. The Kier molecular flexibility index (Phi) is 6.87. The average molecular weight is 485 g/mol. The van der Waals surface area contributed by atoms with E-state index in [0.29, 0.717) is 28.4 Å². The van der Waals surface area contributed by atoms with Crippen LogP contribution in [0.15, 0.2) is 36.5 Å². The van der Waals surface area contributed by atoms with E-state index in [1.54, 1.807) is 17.2 Å². The van der Waals surface area contributed by atoms with Gasteiger partial charge in [-0.15, -0.1) is 6.42 Å². The third-order valence-electron chi connectivity index (χ3n) is 7.14.